The second kappa shape index (κ2) is 8.75. The Balaban J connectivity index is 1.62. The van der Waals surface area contributed by atoms with Crippen LogP contribution < -0.4 is 10.2 Å². The summed E-state index contributed by atoms with van der Waals surface area (Å²) in [6.45, 7) is 4.57. The number of carbonyl (C=O) groups excluding carboxylic acids is 1. The summed E-state index contributed by atoms with van der Waals surface area (Å²) in [5, 5.41) is 3.20. The molecule has 0 radical (unpaired) electrons. The summed E-state index contributed by atoms with van der Waals surface area (Å²) >= 11 is 0. The van der Waals surface area contributed by atoms with Gasteiger partial charge in [-0.1, -0.05) is 42.5 Å². The van der Waals surface area contributed by atoms with Crippen molar-refractivity contribution in [3.05, 3.63) is 113 Å². The zero-order valence-corrected chi connectivity index (χ0v) is 20.1. The summed E-state index contributed by atoms with van der Waals surface area (Å²) in [4.78, 5) is 17.9. The number of benzene rings is 3. The number of anilines is 2. The number of nitrogens with zero attached hydrogens (tertiary/aromatic N) is 3. The van der Waals surface area contributed by atoms with Crippen molar-refractivity contribution < 1.29 is 4.79 Å². The Kier molecular flexibility index (Phi) is 5.62. The maximum absolute atomic E-state index is 13.9. The lowest BCUT2D eigenvalue weighted by atomic mass is 10.0. The first kappa shape index (κ1) is 21.8. The minimum atomic E-state index is -0.233. The van der Waals surface area contributed by atoms with Gasteiger partial charge < -0.3 is 19.7 Å². The molecule has 3 aromatic carbocycles. The van der Waals surface area contributed by atoms with Crippen molar-refractivity contribution in [2.24, 2.45) is 0 Å². The molecule has 1 atom stereocenters. The van der Waals surface area contributed by atoms with Gasteiger partial charge in [0, 0.05) is 37.4 Å². The van der Waals surface area contributed by atoms with Gasteiger partial charge in [-0.15, -0.1) is 0 Å². The smallest absolute Gasteiger partial charge is 0.322 e. The Bertz CT molecular complexity index is 1340. The van der Waals surface area contributed by atoms with Crippen molar-refractivity contribution in [1.82, 2.24) is 9.47 Å². The Morgan fingerprint density at radius 3 is 2.47 bits per heavy atom. The molecule has 0 saturated heterocycles. The van der Waals surface area contributed by atoms with E-state index in [1.165, 1.54) is 0 Å². The summed E-state index contributed by atoms with van der Waals surface area (Å²) in [6, 6.07) is 26.8. The number of carbonyl (C=O) groups is 1. The van der Waals surface area contributed by atoms with Gasteiger partial charge in [0.05, 0.1) is 18.3 Å². The lowest BCUT2D eigenvalue weighted by molar-refractivity contribution is 0.194. The van der Waals surface area contributed by atoms with E-state index in [9.17, 15) is 4.79 Å². The summed E-state index contributed by atoms with van der Waals surface area (Å²) in [5.41, 5.74) is 8.51. The van der Waals surface area contributed by atoms with E-state index in [1.807, 2.05) is 51.0 Å². The van der Waals surface area contributed by atoms with Crippen LogP contribution in [0, 0.1) is 13.8 Å². The van der Waals surface area contributed by atoms with Gasteiger partial charge in [0.25, 0.3) is 0 Å². The number of amides is 2. The molecule has 0 bridgehead atoms. The zero-order valence-electron chi connectivity index (χ0n) is 20.1. The average Bonchev–Trinajstić information content (AvgIpc) is 3.25. The van der Waals surface area contributed by atoms with E-state index < -0.39 is 0 Å². The van der Waals surface area contributed by atoms with Crippen molar-refractivity contribution in [3.63, 3.8) is 0 Å². The fourth-order valence-electron chi connectivity index (χ4n) is 4.70. The predicted octanol–water partition coefficient (Wildman–Crippen LogP) is 6.30. The molecule has 0 fully saturated rings. The number of aryl methyl sites for hydroxylation is 2. The first-order chi connectivity index (χ1) is 16.4. The van der Waals surface area contributed by atoms with E-state index >= 15 is 0 Å². The third-order valence-electron chi connectivity index (χ3n) is 6.58. The number of urea groups is 1. The van der Waals surface area contributed by atoms with Gasteiger partial charge in [-0.3, -0.25) is 0 Å². The molecule has 1 aliphatic rings. The first-order valence-corrected chi connectivity index (χ1v) is 11.6. The van der Waals surface area contributed by atoms with Crippen LogP contribution in [-0.2, 0) is 6.54 Å². The standard InChI is InChI=1S/C29H30N4O/c1-20-11-12-21(2)25(18-20)30-29(34)33-19-23-8-5-6-9-26(23)32-17-7-10-27(32)28(33)22-13-15-24(16-14-22)31(3)4/h5-18,28H,19H2,1-4H3,(H,30,34). The van der Waals surface area contributed by atoms with Crippen LogP contribution in [0.15, 0.2) is 85.1 Å². The van der Waals surface area contributed by atoms with Crippen LogP contribution in [0.5, 0.6) is 0 Å². The van der Waals surface area contributed by atoms with E-state index in [1.54, 1.807) is 0 Å². The lowest BCUT2D eigenvalue weighted by Gasteiger charge is -2.31. The highest BCUT2D eigenvalue weighted by molar-refractivity contribution is 5.91. The van der Waals surface area contributed by atoms with Gasteiger partial charge in [-0.2, -0.15) is 0 Å². The zero-order chi connectivity index (χ0) is 23.8. The minimum absolute atomic E-state index is 0.111. The van der Waals surface area contributed by atoms with Crippen LogP contribution in [0.2, 0.25) is 0 Å². The molecule has 0 spiro atoms. The Morgan fingerprint density at radius 1 is 0.941 bits per heavy atom. The van der Waals surface area contributed by atoms with Crippen molar-refractivity contribution in [2.45, 2.75) is 26.4 Å². The largest absolute Gasteiger partial charge is 0.378 e. The number of hydrogen-bond donors (Lipinski definition) is 1. The van der Waals surface area contributed by atoms with Crippen molar-refractivity contribution >= 4 is 17.4 Å². The average molecular weight is 451 g/mol. The molecule has 1 aliphatic heterocycles. The third kappa shape index (κ3) is 3.94. The highest BCUT2D eigenvalue weighted by atomic mass is 16.2. The molecule has 5 heteroatoms. The van der Waals surface area contributed by atoms with E-state index in [0.29, 0.717) is 6.54 Å². The highest BCUT2D eigenvalue weighted by Crippen LogP contribution is 2.37. The van der Waals surface area contributed by atoms with Crippen LogP contribution in [-0.4, -0.2) is 29.6 Å². The fourth-order valence-corrected chi connectivity index (χ4v) is 4.70. The van der Waals surface area contributed by atoms with Gasteiger partial charge >= 0.3 is 6.03 Å². The van der Waals surface area contributed by atoms with E-state index in [2.05, 4.69) is 81.6 Å². The molecule has 0 aliphatic carbocycles. The van der Waals surface area contributed by atoms with Crippen LogP contribution >= 0.6 is 0 Å². The number of para-hydroxylation sites is 1. The second-order valence-corrected chi connectivity index (χ2v) is 9.20. The van der Waals surface area contributed by atoms with Crippen LogP contribution in [0.25, 0.3) is 5.69 Å². The molecule has 1 unspecified atom stereocenters. The molecule has 2 heterocycles. The molecular weight excluding hydrogens is 420 g/mol. The van der Waals surface area contributed by atoms with Crippen LogP contribution in [0.1, 0.15) is 34.0 Å². The molecule has 1 aromatic heterocycles. The molecule has 2 amide bonds. The molecule has 0 saturated carbocycles. The van der Waals surface area contributed by atoms with E-state index in [0.717, 1.165) is 45.0 Å². The predicted molar refractivity (Wildman–Crippen MR) is 139 cm³/mol. The Hall–Kier alpha value is -3.99. The van der Waals surface area contributed by atoms with E-state index in [-0.39, 0.29) is 12.1 Å². The second-order valence-electron chi connectivity index (χ2n) is 9.20. The third-order valence-corrected chi connectivity index (χ3v) is 6.58. The minimum Gasteiger partial charge on any atom is -0.378 e. The summed E-state index contributed by atoms with van der Waals surface area (Å²) in [6.07, 6.45) is 2.08. The summed E-state index contributed by atoms with van der Waals surface area (Å²) < 4.78 is 2.21. The van der Waals surface area contributed by atoms with Gasteiger partial charge in [-0.25, -0.2) is 4.79 Å². The van der Waals surface area contributed by atoms with Crippen LogP contribution in [0.4, 0.5) is 16.2 Å². The van der Waals surface area contributed by atoms with Gasteiger partial charge in [0.2, 0.25) is 0 Å². The van der Waals surface area contributed by atoms with Gasteiger partial charge in [0.1, 0.15) is 0 Å². The molecule has 5 nitrogen and oxygen atoms in total. The molecule has 34 heavy (non-hydrogen) atoms. The maximum Gasteiger partial charge on any atom is 0.322 e. The quantitative estimate of drug-likeness (QED) is 0.398. The SMILES string of the molecule is Cc1ccc(C)c(NC(=O)N2Cc3ccccc3-n3cccc3C2c2ccc(N(C)C)cc2)c1. The normalized spacial score (nSPS) is 14.7. The molecule has 4 aromatic rings. The summed E-state index contributed by atoms with van der Waals surface area (Å²) in [7, 11) is 4.07. The van der Waals surface area contributed by atoms with Crippen molar-refractivity contribution in [1.29, 1.82) is 0 Å². The van der Waals surface area contributed by atoms with Gasteiger partial charge in [0.15, 0.2) is 0 Å². The fraction of sp³-hybridized carbons (Fsp3) is 0.207. The molecular formula is C29H30N4O. The monoisotopic (exact) mass is 450 g/mol. The van der Waals surface area contributed by atoms with Gasteiger partial charge in [-0.05, 0) is 72.5 Å². The Morgan fingerprint density at radius 2 is 1.71 bits per heavy atom. The first-order valence-electron chi connectivity index (χ1n) is 11.6. The maximum atomic E-state index is 13.9. The van der Waals surface area contributed by atoms with Crippen molar-refractivity contribution in [2.75, 3.05) is 24.3 Å². The number of fused-ring (bicyclic) bond motifs is 3. The topological polar surface area (TPSA) is 40.5 Å². The lowest BCUT2D eigenvalue weighted by Crippen LogP contribution is -2.38. The number of nitrogens with one attached hydrogen (secondary N) is 1. The number of aromatic nitrogens is 1. The van der Waals surface area contributed by atoms with E-state index in [4.69, 9.17) is 0 Å². The van der Waals surface area contributed by atoms with Crippen molar-refractivity contribution in [3.8, 4) is 5.69 Å². The van der Waals surface area contributed by atoms with Crippen LogP contribution in [0.3, 0.4) is 0 Å². The Labute approximate surface area is 201 Å². The molecule has 172 valence electrons. The molecule has 1 N–H and O–H groups in total. The summed E-state index contributed by atoms with van der Waals surface area (Å²) in [5.74, 6) is 0. The number of hydrogen-bond acceptors (Lipinski definition) is 2. The number of rotatable bonds is 3. The molecule has 5 rings (SSSR count). The highest BCUT2D eigenvalue weighted by Gasteiger charge is 2.33.